The van der Waals surface area contributed by atoms with Crippen LogP contribution < -0.4 is 9.64 Å². The summed E-state index contributed by atoms with van der Waals surface area (Å²) in [5, 5.41) is 10.7. The van der Waals surface area contributed by atoms with E-state index in [2.05, 4.69) is 6.07 Å². The lowest BCUT2D eigenvalue weighted by molar-refractivity contribution is -0.129. The van der Waals surface area contributed by atoms with E-state index in [1.807, 2.05) is 36.1 Å². The molecule has 8 heteroatoms. The first-order valence-corrected chi connectivity index (χ1v) is 10.9. The number of benzene rings is 2. The molecule has 0 saturated carbocycles. The molecule has 0 aromatic heterocycles. The summed E-state index contributed by atoms with van der Waals surface area (Å²) in [6.07, 6.45) is -0.00540. The summed E-state index contributed by atoms with van der Waals surface area (Å²) in [4.78, 5) is 16.7. The predicted molar refractivity (Wildman–Crippen MR) is 116 cm³/mol. The Morgan fingerprint density at radius 3 is 2.83 bits per heavy atom. The second-order valence-corrected chi connectivity index (χ2v) is 8.24. The highest BCUT2D eigenvalue weighted by Gasteiger charge is 2.40. The number of anilines is 1. The van der Waals surface area contributed by atoms with Crippen molar-refractivity contribution < 1.29 is 13.9 Å². The fourth-order valence-corrected chi connectivity index (χ4v) is 5.25. The highest BCUT2D eigenvalue weighted by Crippen LogP contribution is 2.46. The first kappa shape index (κ1) is 20.6. The molecule has 30 heavy (non-hydrogen) atoms. The average Bonchev–Trinajstić information content (AvgIpc) is 2.74. The summed E-state index contributed by atoms with van der Waals surface area (Å²) in [7, 11) is 0. The Morgan fingerprint density at radius 1 is 1.30 bits per heavy atom. The van der Waals surface area contributed by atoms with Crippen molar-refractivity contribution in [2.24, 2.45) is 0 Å². The Kier molecular flexibility index (Phi) is 5.89. The van der Waals surface area contributed by atoms with E-state index in [-0.39, 0.29) is 22.9 Å². The van der Waals surface area contributed by atoms with Gasteiger partial charge in [0.1, 0.15) is 11.6 Å². The number of rotatable bonds is 4. The first-order chi connectivity index (χ1) is 14.5. The van der Waals surface area contributed by atoms with E-state index in [0.717, 1.165) is 11.4 Å². The summed E-state index contributed by atoms with van der Waals surface area (Å²) in [5.41, 5.74) is 1.47. The van der Waals surface area contributed by atoms with Crippen LogP contribution in [0.5, 0.6) is 5.75 Å². The molecule has 2 heterocycles. The molecule has 0 bridgehead atoms. The van der Waals surface area contributed by atoms with Crippen LogP contribution in [0.2, 0.25) is 5.02 Å². The molecule has 5 nitrogen and oxygen atoms in total. The Bertz CT molecular complexity index is 1050. The number of carbonyl (C=O) groups excluding carboxylic acids is 1. The maximum atomic E-state index is 14.5. The van der Waals surface area contributed by atoms with Gasteiger partial charge in [-0.15, -0.1) is 0 Å². The third kappa shape index (κ3) is 3.62. The number of halogens is 2. The molecule has 0 radical (unpaired) electrons. The van der Waals surface area contributed by atoms with E-state index in [0.29, 0.717) is 29.8 Å². The van der Waals surface area contributed by atoms with Crippen LogP contribution >= 0.6 is 23.4 Å². The number of hydrogen-bond acceptors (Lipinski definition) is 5. The van der Waals surface area contributed by atoms with Crippen molar-refractivity contribution in [1.29, 1.82) is 5.26 Å². The number of hydrogen-bond donors (Lipinski definition) is 0. The number of ether oxygens (including phenoxy) is 1. The molecule has 2 aromatic carbocycles. The van der Waals surface area contributed by atoms with Gasteiger partial charge < -0.3 is 9.64 Å². The SMILES string of the molecule is CCOc1ccccc1N1CSC2=C(C#N)C(c3c(F)cccc3Cl)CC(=O)N2C1. The van der Waals surface area contributed by atoms with Crippen molar-refractivity contribution in [3.05, 3.63) is 69.5 Å². The minimum atomic E-state index is -0.683. The number of nitrogens with zero attached hydrogens (tertiary/aromatic N) is 3. The van der Waals surface area contributed by atoms with Gasteiger partial charge in [-0.25, -0.2) is 4.39 Å². The number of nitriles is 1. The maximum absolute atomic E-state index is 14.5. The molecule has 2 aromatic rings. The van der Waals surface area contributed by atoms with Gasteiger partial charge in [0.2, 0.25) is 5.91 Å². The van der Waals surface area contributed by atoms with Crippen molar-refractivity contribution in [1.82, 2.24) is 4.90 Å². The van der Waals surface area contributed by atoms with Crippen molar-refractivity contribution in [2.45, 2.75) is 19.3 Å². The largest absolute Gasteiger partial charge is 0.492 e. The van der Waals surface area contributed by atoms with Gasteiger partial charge in [-0.3, -0.25) is 9.69 Å². The van der Waals surface area contributed by atoms with Crippen molar-refractivity contribution in [2.75, 3.05) is 24.1 Å². The number of allylic oxidation sites excluding steroid dienone is 1. The van der Waals surface area contributed by atoms with Crippen molar-refractivity contribution >= 4 is 35.0 Å². The summed E-state index contributed by atoms with van der Waals surface area (Å²) in [6.45, 7) is 2.76. The van der Waals surface area contributed by atoms with E-state index in [9.17, 15) is 14.4 Å². The van der Waals surface area contributed by atoms with E-state index >= 15 is 0 Å². The number of carbonyl (C=O) groups is 1. The number of para-hydroxylation sites is 2. The predicted octanol–water partition coefficient (Wildman–Crippen LogP) is 5.10. The van der Waals surface area contributed by atoms with Crippen LogP contribution in [0.4, 0.5) is 10.1 Å². The lowest BCUT2D eigenvalue weighted by Crippen LogP contribution is -2.47. The third-order valence-electron chi connectivity index (χ3n) is 5.15. The average molecular weight is 444 g/mol. The maximum Gasteiger partial charge on any atom is 0.229 e. The molecule has 0 aliphatic carbocycles. The van der Waals surface area contributed by atoms with Crippen molar-refractivity contribution in [3.63, 3.8) is 0 Å². The van der Waals surface area contributed by atoms with Crippen LogP contribution in [0, 0.1) is 17.1 Å². The first-order valence-electron chi connectivity index (χ1n) is 9.53. The number of thioether (sulfide) groups is 1. The Morgan fingerprint density at radius 2 is 2.10 bits per heavy atom. The normalized spacial score (nSPS) is 18.9. The molecular formula is C22H19ClFN3O2S. The van der Waals surface area contributed by atoms with Crippen molar-refractivity contribution in [3.8, 4) is 11.8 Å². The van der Waals surface area contributed by atoms with Crippen LogP contribution in [-0.2, 0) is 4.79 Å². The molecule has 1 atom stereocenters. The Labute approximate surface area is 183 Å². The second kappa shape index (κ2) is 8.58. The van der Waals surface area contributed by atoms with Gasteiger partial charge in [-0.1, -0.05) is 41.6 Å². The molecule has 4 rings (SSSR count). The van der Waals surface area contributed by atoms with Crippen LogP contribution in [0.3, 0.4) is 0 Å². The minimum Gasteiger partial charge on any atom is -0.492 e. The molecule has 1 amide bonds. The summed E-state index contributed by atoms with van der Waals surface area (Å²) < 4.78 is 20.2. The highest BCUT2D eigenvalue weighted by molar-refractivity contribution is 8.03. The Balaban J connectivity index is 1.70. The van der Waals surface area contributed by atoms with E-state index < -0.39 is 11.7 Å². The number of fused-ring (bicyclic) bond motifs is 1. The van der Waals surface area contributed by atoms with E-state index in [1.54, 1.807) is 11.0 Å². The van der Waals surface area contributed by atoms with Crippen LogP contribution in [-0.4, -0.2) is 30.0 Å². The van der Waals surface area contributed by atoms with Crippen LogP contribution in [0.1, 0.15) is 24.8 Å². The molecule has 0 spiro atoms. The smallest absolute Gasteiger partial charge is 0.229 e. The quantitative estimate of drug-likeness (QED) is 0.658. The molecule has 1 saturated heterocycles. The highest BCUT2D eigenvalue weighted by atomic mass is 35.5. The molecular weight excluding hydrogens is 425 g/mol. The second-order valence-electron chi connectivity index (χ2n) is 6.90. The summed E-state index contributed by atoms with van der Waals surface area (Å²) >= 11 is 7.62. The minimum absolute atomic E-state index is 0.00540. The van der Waals surface area contributed by atoms with Gasteiger partial charge in [0.25, 0.3) is 0 Å². The standard InChI is InChI=1S/C22H19ClFN3O2S/c1-2-29-19-9-4-3-8-18(19)26-12-27-20(28)10-14(15(11-25)22(27)30-13-26)21-16(23)6-5-7-17(21)24/h3-9,14H,2,10,12-13H2,1H3. The molecule has 154 valence electrons. The summed E-state index contributed by atoms with van der Waals surface area (Å²) in [5.74, 6) is -0.0765. The third-order valence-corrected chi connectivity index (χ3v) is 6.63. The number of amides is 1. The fraction of sp³-hybridized carbons (Fsp3) is 0.273. The van der Waals surface area contributed by atoms with Gasteiger partial charge in [0.15, 0.2) is 0 Å². The molecule has 1 unspecified atom stereocenters. The zero-order valence-corrected chi connectivity index (χ0v) is 17.8. The zero-order chi connectivity index (χ0) is 21.3. The molecule has 2 aliphatic heterocycles. The van der Waals surface area contributed by atoms with Gasteiger partial charge in [-0.2, -0.15) is 5.26 Å². The van der Waals surface area contributed by atoms with Crippen LogP contribution in [0.25, 0.3) is 0 Å². The molecule has 0 N–H and O–H groups in total. The molecule has 2 aliphatic rings. The Hall–Kier alpha value is -2.69. The molecule has 1 fully saturated rings. The fourth-order valence-electron chi connectivity index (χ4n) is 3.80. The lowest BCUT2D eigenvalue weighted by Gasteiger charge is -2.42. The lowest BCUT2D eigenvalue weighted by atomic mass is 9.86. The van der Waals surface area contributed by atoms with Gasteiger partial charge >= 0.3 is 0 Å². The monoisotopic (exact) mass is 443 g/mol. The zero-order valence-electron chi connectivity index (χ0n) is 16.3. The van der Waals surface area contributed by atoms with Gasteiger partial charge in [0.05, 0.1) is 41.5 Å². The van der Waals surface area contributed by atoms with Gasteiger partial charge in [-0.05, 0) is 31.2 Å². The van der Waals surface area contributed by atoms with E-state index in [4.69, 9.17) is 16.3 Å². The summed E-state index contributed by atoms with van der Waals surface area (Å²) in [6, 6.07) is 14.3. The van der Waals surface area contributed by atoms with Gasteiger partial charge in [0, 0.05) is 22.9 Å². The van der Waals surface area contributed by atoms with E-state index in [1.165, 1.54) is 23.9 Å². The van der Waals surface area contributed by atoms with Crippen LogP contribution in [0.15, 0.2) is 53.1 Å². The topological polar surface area (TPSA) is 56.6 Å².